The van der Waals surface area contributed by atoms with Gasteiger partial charge < -0.3 is 0 Å². The predicted octanol–water partition coefficient (Wildman–Crippen LogP) is 6.36. The van der Waals surface area contributed by atoms with E-state index in [1.165, 1.54) is 49.4 Å². The topological polar surface area (TPSA) is 0 Å². The van der Waals surface area contributed by atoms with Crippen LogP contribution in [0.15, 0.2) is 15.9 Å². The third kappa shape index (κ3) is 4.58. The highest BCUT2D eigenvalue weighted by molar-refractivity contribution is 9.10. The molecule has 1 rings (SSSR count). The van der Waals surface area contributed by atoms with Gasteiger partial charge in [0.25, 0.3) is 0 Å². The van der Waals surface area contributed by atoms with E-state index in [4.69, 9.17) is 0 Å². The van der Waals surface area contributed by atoms with E-state index in [0.29, 0.717) is 0 Å². The third-order valence-electron chi connectivity index (χ3n) is 3.08. The summed E-state index contributed by atoms with van der Waals surface area (Å²) in [5, 5.41) is 2.21. The molecule has 16 heavy (non-hydrogen) atoms. The molecule has 0 aromatic carbocycles. The Bertz CT molecular complexity index is 280. The van der Waals surface area contributed by atoms with Crippen molar-refractivity contribution in [2.45, 2.75) is 64.7 Å². The van der Waals surface area contributed by atoms with E-state index in [1.54, 1.807) is 4.88 Å². The van der Waals surface area contributed by atoms with Crippen LogP contribution in [-0.4, -0.2) is 0 Å². The second kappa shape index (κ2) is 8.30. The number of thiophene rings is 1. The Balaban J connectivity index is 2.53. The van der Waals surface area contributed by atoms with Gasteiger partial charge in [0, 0.05) is 9.35 Å². The van der Waals surface area contributed by atoms with Crippen LogP contribution in [-0.2, 0) is 0 Å². The first-order chi connectivity index (χ1) is 7.79. The molecule has 0 aliphatic carbocycles. The van der Waals surface area contributed by atoms with E-state index in [-0.39, 0.29) is 0 Å². The van der Waals surface area contributed by atoms with Crippen molar-refractivity contribution in [3.8, 4) is 0 Å². The number of hydrogen-bond acceptors (Lipinski definition) is 1. The van der Waals surface area contributed by atoms with Gasteiger partial charge >= 0.3 is 0 Å². The molecule has 0 N–H and O–H groups in total. The zero-order chi connectivity index (χ0) is 11.8. The molecule has 1 aromatic heterocycles. The number of unbranched alkanes of at least 4 members (excludes halogenated alkanes) is 3. The summed E-state index contributed by atoms with van der Waals surface area (Å²) in [6.45, 7) is 4.56. The molecule has 0 saturated carbocycles. The lowest BCUT2D eigenvalue weighted by Crippen LogP contribution is -1.97. The predicted molar refractivity (Wildman–Crippen MR) is 78.4 cm³/mol. The standard InChI is InChI=1S/C14H23BrS/c1-3-5-7-9-12(8-6-4-2)14-13(15)10-11-16-14/h10-12H,3-9H2,1-2H3. The van der Waals surface area contributed by atoms with Crippen molar-refractivity contribution in [1.82, 2.24) is 0 Å². The van der Waals surface area contributed by atoms with Gasteiger partial charge in [0.1, 0.15) is 0 Å². The maximum atomic E-state index is 3.68. The van der Waals surface area contributed by atoms with Crippen LogP contribution >= 0.6 is 27.3 Å². The van der Waals surface area contributed by atoms with Crippen LogP contribution in [0.2, 0.25) is 0 Å². The van der Waals surface area contributed by atoms with Crippen LogP contribution in [0.3, 0.4) is 0 Å². The summed E-state index contributed by atoms with van der Waals surface area (Å²) in [5.41, 5.74) is 0. The van der Waals surface area contributed by atoms with E-state index in [2.05, 4.69) is 41.2 Å². The molecule has 0 amide bonds. The Hall–Kier alpha value is 0.180. The molecule has 0 aliphatic rings. The van der Waals surface area contributed by atoms with E-state index in [9.17, 15) is 0 Å². The maximum Gasteiger partial charge on any atom is 0.0317 e. The van der Waals surface area contributed by atoms with Crippen LogP contribution in [0.5, 0.6) is 0 Å². The van der Waals surface area contributed by atoms with Gasteiger partial charge in [0.05, 0.1) is 0 Å². The second-order valence-corrected chi connectivity index (χ2v) is 6.27. The third-order valence-corrected chi connectivity index (χ3v) is 5.11. The summed E-state index contributed by atoms with van der Waals surface area (Å²) >= 11 is 5.60. The van der Waals surface area contributed by atoms with E-state index < -0.39 is 0 Å². The van der Waals surface area contributed by atoms with E-state index >= 15 is 0 Å². The first-order valence-corrected chi connectivity index (χ1v) is 8.19. The van der Waals surface area contributed by atoms with Crippen molar-refractivity contribution < 1.29 is 0 Å². The molecule has 0 radical (unpaired) electrons. The van der Waals surface area contributed by atoms with Gasteiger partial charge in [-0.3, -0.25) is 0 Å². The molecule has 0 fully saturated rings. The molecular formula is C14H23BrS. The Kier molecular flexibility index (Phi) is 7.39. The molecule has 1 unspecified atom stereocenters. The van der Waals surface area contributed by atoms with Crippen molar-refractivity contribution in [3.05, 3.63) is 20.8 Å². The van der Waals surface area contributed by atoms with E-state index in [1.807, 2.05) is 11.3 Å². The number of halogens is 1. The summed E-state index contributed by atoms with van der Waals surface area (Å²) in [6.07, 6.45) is 9.49. The van der Waals surface area contributed by atoms with Crippen LogP contribution in [0.4, 0.5) is 0 Å². The fourth-order valence-electron chi connectivity index (χ4n) is 2.09. The molecule has 92 valence electrons. The first-order valence-electron chi connectivity index (χ1n) is 6.52. The van der Waals surface area contributed by atoms with Gasteiger partial charge in [-0.1, -0.05) is 46.0 Å². The fourth-order valence-corrected chi connectivity index (χ4v) is 3.97. The molecule has 1 heterocycles. The van der Waals surface area contributed by atoms with Crippen molar-refractivity contribution in [1.29, 1.82) is 0 Å². The minimum atomic E-state index is 0.792. The van der Waals surface area contributed by atoms with Gasteiger partial charge in [-0.25, -0.2) is 0 Å². The highest BCUT2D eigenvalue weighted by Gasteiger charge is 2.14. The highest BCUT2D eigenvalue weighted by Crippen LogP contribution is 2.36. The number of hydrogen-bond donors (Lipinski definition) is 0. The Morgan fingerprint density at radius 3 is 2.38 bits per heavy atom. The molecule has 0 saturated heterocycles. The number of rotatable bonds is 8. The summed E-state index contributed by atoms with van der Waals surface area (Å²) in [6, 6.07) is 2.19. The minimum Gasteiger partial charge on any atom is -0.147 e. The van der Waals surface area contributed by atoms with Crippen LogP contribution in [0.1, 0.15) is 69.6 Å². The molecule has 0 aliphatic heterocycles. The lowest BCUT2D eigenvalue weighted by molar-refractivity contribution is 0.520. The van der Waals surface area contributed by atoms with E-state index in [0.717, 1.165) is 5.92 Å². The zero-order valence-electron chi connectivity index (χ0n) is 10.5. The van der Waals surface area contributed by atoms with Gasteiger partial charge in [-0.2, -0.15) is 0 Å². The van der Waals surface area contributed by atoms with Crippen molar-refractivity contribution in [2.75, 3.05) is 0 Å². The highest BCUT2D eigenvalue weighted by atomic mass is 79.9. The molecule has 2 heteroatoms. The summed E-state index contributed by atoms with van der Waals surface area (Å²) < 4.78 is 1.33. The Morgan fingerprint density at radius 2 is 1.81 bits per heavy atom. The van der Waals surface area contributed by atoms with Crippen LogP contribution in [0, 0.1) is 0 Å². The molecule has 1 atom stereocenters. The lowest BCUT2D eigenvalue weighted by Gasteiger charge is -2.15. The Labute approximate surface area is 113 Å². The molecule has 0 nitrogen and oxygen atoms in total. The summed E-state index contributed by atoms with van der Waals surface area (Å²) in [7, 11) is 0. The quantitative estimate of drug-likeness (QED) is 0.490. The monoisotopic (exact) mass is 302 g/mol. The minimum absolute atomic E-state index is 0.792. The lowest BCUT2D eigenvalue weighted by atomic mass is 9.94. The molecule has 0 spiro atoms. The van der Waals surface area contributed by atoms with Crippen molar-refractivity contribution >= 4 is 27.3 Å². The largest absolute Gasteiger partial charge is 0.147 e. The molecular weight excluding hydrogens is 280 g/mol. The summed E-state index contributed by atoms with van der Waals surface area (Å²) in [4.78, 5) is 1.57. The SMILES string of the molecule is CCCCCC(CCCC)c1sccc1Br. The zero-order valence-corrected chi connectivity index (χ0v) is 12.9. The molecule has 0 bridgehead atoms. The van der Waals surface area contributed by atoms with Crippen molar-refractivity contribution in [2.24, 2.45) is 0 Å². The second-order valence-electron chi connectivity index (χ2n) is 4.47. The Morgan fingerprint density at radius 1 is 1.12 bits per heavy atom. The average Bonchev–Trinajstić information content (AvgIpc) is 2.70. The van der Waals surface area contributed by atoms with Gasteiger partial charge in [0.15, 0.2) is 0 Å². The molecule has 1 aromatic rings. The van der Waals surface area contributed by atoms with Crippen LogP contribution < -0.4 is 0 Å². The smallest absolute Gasteiger partial charge is 0.0317 e. The van der Waals surface area contributed by atoms with Gasteiger partial charge in [-0.05, 0) is 46.1 Å². The fraction of sp³-hybridized carbons (Fsp3) is 0.714. The average molecular weight is 303 g/mol. The first kappa shape index (κ1) is 14.2. The summed E-state index contributed by atoms with van der Waals surface area (Å²) in [5.74, 6) is 0.792. The van der Waals surface area contributed by atoms with Gasteiger partial charge in [-0.15, -0.1) is 11.3 Å². The normalized spacial score (nSPS) is 12.9. The van der Waals surface area contributed by atoms with Crippen molar-refractivity contribution in [3.63, 3.8) is 0 Å². The maximum absolute atomic E-state index is 3.68. The van der Waals surface area contributed by atoms with Crippen LogP contribution in [0.25, 0.3) is 0 Å². The van der Waals surface area contributed by atoms with Gasteiger partial charge in [0.2, 0.25) is 0 Å².